The van der Waals surface area contributed by atoms with E-state index < -0.39 is 0 Å². The zero-order valence-electron chi connectivity index (χ0n) is 17.5. The number of nitrogens with zero attached hydrogens (tertiary/aromatic N) is 1. The molecule has 3 aromatic rings. The van der Waals surface area contributed by atoms with Gasteiger partial charge in [0.15, 0.2) is 5.11 Å². The molecule has 0 aliphatic rings. The van der Waals surface area contributed by atoms with Crippen LogP contribution in [-0.2, 0) is 0 Å². The van der Waals surface area contributed by atoms with Gasteiger partial charge in [-0.05, 0) is 67.2 Å². The molecule has 6 nitrogen and oxygen atoms in total. The largest absolute Gasteiger partial charge is 0.497 e. The highest BCUT2D eigenvalue weighted by molar-refractivity contribution is 7.80. The first-order valence-corrected chi connectivity index (χ1v) is 10.2. The molecule has 0 aliphatic carbocycles. The van der Waals surface area contributed by atoms with Gasteiger partial charge < -0.3 is 19.5 Å². The maximum absolute atomic E-state index is 5.86. The lowest BCUT2D eigenvalue weighted by molar-refractivity contribution is 0.217. The number of methoxy groups -OCH3 is 1. The highest BCUT2D eigenvalue weighted by atomic mass is 32.1. The molecule has 0 radical (unpaired) electrons. The monoisotopic (exact) mass is 435 g/mol. The highest BCUT2D eigenvalue weighted by Crippen LogP contribution is 2.18. The second-order valence-corrected chi connectivity index (χ2v) is 6.96. The molecular formula is C24H25N3O3S. The Hall–Kier alpha value is -3.58. The number of rotatable bonds is 9. The molecule has 0 heterocycles. The number of hydrogen-bond donors (Lipinski definition) is 2. The van der Waals surface area contributed by atoms with Crippen molar-refractivity contribution in [2.75, 3.05) is 25.6 Å². The fourth-order valence-corrected chi connectivity index (χ4v) is 2.89. The van der Waals surface area contributed by atoms with Crippen molar-refractivity contribution in [3.05, 3.63) is 83.9 Å². The molecule has 31 heavy (non-hydrogen) atoms. The predicted molar refractivity (Wildman–Crippen MR) is 129 cm³/mol. The average molecular weight is 436 g/mol. The van der Waals surface area contributed by atoms with Crippen LogP contribution in [-0.4, -0.2) is 31.7 Å². The van der Waals surface area contributed by atoms with Crippen LogP contribution in [0.15, 0.2) is 77.9 Å². The van der Waals surface area contributed by atoms with Crippen LogP contribution in [0.1, 0.15) is 11.1 Å². The van der Waals surface area contributed by atoms with Gasteiger partial charge in [-0.3, -0.25) is 5.43 Å². The smallest absolute Gasteiger partial charge is 0.191 e. The minimum atomic E-state index is 0.400. The Morgan fingerprint density at radius 2 is 1.58 bits per heavy atom. The van der Waals surface area contributed by atoms with E-state index in [4.69, 9.17) is 26.4 Å². The number of nitrogens with one attached hydrogen (secondary N) is 2. The lowest BCUT2D eigenvalue weighted by Gasteiger charge is -2.11. The Morgan fingerprint density at radius 3 is 2.35 bits per heavy atom. The van der Waals surface area contributed by atoms with Crippen molar-refractivity contribution >= 4 is 29.2 Å². The lowest BCUT2D eigenvalue weighted by atomic mass is 10.2. The van der Waals surface area contributed by atoms with Gasteiger partial charge in [0.1, 0.15) is 30.5 Å². The van der Waals surface area contributed by atoms with E-state index in [1.54, 1.807) is 13.3 Å². The van der Waals surface area contributed by atoms with Crippen molar-refractivity contribution in [1.29, 1.82) is 0 Å². The van der Waals surface area contributed by atoms with E-state index in [0.29, 0.717) is 24.1 Å². The molecule has 3 rings (SSSR count). The molecule has 0 amide bonds. The molecule has 0 spiro atoms. The predicted octanol–water partition coefficient (Wildman–Crippen LogP) is 4.78. The summed E-state index contributed by atoms with van der Waals surface area (Å²) in [6.45, 7) is 2.83. The molecule has 0 bridgehead atoms. The van der Waals surface area contributed by atoms with Crippen LogP contribution < -0.4 is 25.0 Å². The summed E-state index contributed by atoms with van der Waals surface area (Å²) in [5, 5.41) is 7.76. The Balaban J connectivity index is 1.47. The number of aryl methyl sites for hydroxylation is 1. The summed E-state index contributed by atoms with van der Waals surface area (Å²) >= 11 is 5.30. The Morgan fingerprint density at radius 1 is 0.903 bits per heavy atom. The standard InChI is InChI=1S/C24H25N3O3S/c1-18-7-3-5-9-22(18)26-24(31)27-25-17-19-8-4-6-10-23(19)30-16-15-29-21-13-11-20(28-2)12-14-21/h3-14,17H,15-16H2,1-2H3,(H2,26,27,31)/b25-17+. The van der Waals surface area contributed by atoms with E-state index in [0.717, 1.165) is 28.3 Å². The molecule has 0 saturated heterocycles. The molecule has 0 aromatic heterocycles. The summed E-state index contributed by atoms with van der Waals surface area (Å²) in [5.41, 5.74) is 5.71. The van der Waals surface area contributed by atoms with Gasteiger partial charge in [0.25, 0.3) is 0 Å². The topological polar surface area (TPSA) is 64.1 Å². The fourth-order valence-electron chi connectivity index (χ4n) is 2.73. The van der Waals surface area contributed by atoms with E-state index in [2.05, 4.69) is 15.8 Å². The normalized spacial score (nSPS) is 10.5. The highest BCUT2D eigenvalue weighted by Gasteiger charge is 2.02. The van der Waals surface area contributed by atoms with Crippen LogP contribution in [0.2, 0.25) is 0 Å². The summed E-state index contributed by atoms with van der Waals surface area (Å²) in [6.07, 6.45) is 1.67. The van der Waals surface area contributed by atoms with Crippen LogP contribution in [0.3, 0.4) is 0 Å². The number of hydrogen-bond acceptors (Lipinski definition) is 5. The van der Waals surface area contributed by atoms with Crippen molar-refractivity contribution in [3.8, 4) is 17.2 Å². The molecule has 0 unspecified atom stereocenters. The van der Waals surface area contributed by atoms with E-state index in [1.165, 1.54) is 0 Å². The van der Waals surface area contributed by atoms with E-state index >= 15 is 0 Å². The molecule has 160 valence electrons. The first-order chi connectivity index (χ1) is 15.2. The van der Waals surface area contributed by atoms with Gasteiger partial charge in [0, 0.05) is 11.3 Å². The molecule has 7 heteroatoms. The van der Waals surface area contributed by atoms with Crippen molar-refractivity contribution in [3.63, 3.8) is 0 Å². The zero-order valence-corrected chi connectivity index (χ0v) is 18.3. The van der Waals surface area contributed by atoms with Crippen LogP contribution in [0, 0.1) is 6.92 Å². The SMILES string of the molecule is COc1ccc(OCCOc2ccccc2/C=N/NC(=S)Nc2ccccc2C)cc1. The third-order valence-corrected chi connectivity index (χ3v) is 4.54. The maximum atomic E-state index is 5.86. The summed E-state index contributed by atoms with van der Waals surface area (Å²) in [7, 11) is 1.63. The Labute approximate surface area is 187 Å². The third-order valence-electron chi connectivity index (χ3n) is 4.35. The van der Waals surface area contributed by atoms with Crippen LogP contribution in [0.5, 0.6) is 17.2 Å². The van der Waals surface area contributed by atoms with Gasteiger partial charge in [0.05, 0.1) is 13.3 Å². The van der Waals surface area contributed by atoms with Crippen molar-refractivity contribution in [2.45, 2.75) is 6.92 Å². The first kappa shape index (κ1) is 22.1. The van der Waals surface area contributed by atoms with E-state index in [-0.39, 0.29) is 0 Å². The maximum Gasteiger partial charge on any atom is 0.191 e. The van der Waals surface area contributed by atoms with Gasteiger partial charge in [-0.25, -0.2) is 0 Å². The van der Waals surface area contributed by atoms with Crippen molar-refractivity contribution in [1.82, 2.24) is 5.43 Å². The summed E-state index contributed by atoms with van der Waals surface area (Å²) in [4.78, 5) is 0. The van der Waals surface area contributed by atoms with Gasteiger partial charge in [0.2, 0.25) is 0 Å². The average Bonchev–Trinajstić information content (AvgIpc) is 2.79. The molecule has 0 atom stereocenters. The summed E-state index contributed by atoms with van der Waals surface area (Å²) < 4.78 is 16.7. The number of para-hydroxylation sites is 2. The van der Waals surface area contributed by atoms with E-state index in [9.17, 15) is 0 Å². The fraction of sp³-hybridized carbons (Fsp3) is 0.167. The first-order valence-electron chi connectivity index (χ1n) is 9.80. The number of hydrazone groups is 1. The van der Waals surface area contributed by atoms with Crippen molar-refractivity contribution < 1.29 is 14.2 Å². The molecule has 0 saturated carbocycles. The van der Waals surface area contributed by atoms with Gasteiger partial charge in [-0.2, -0.15) is 5.10 Å². The van der Waals surface area contributed by atoms with Gasteiger partial charge in [-0.1, -0.05) is 30.3 Å². The second kappa shape index (κ2) is 11.6. The third kappa shape index (κ3) is 7.01. The summed E-state index contributed by atoms with van der Waals surface area (Å²) in [5.74, 6) is 2.27. The Bertz CT molecular complexity index is 1020. The quantitative estimate of drug-likeness (QED) is 0.218. The second-order valence-electron chi connectivity index (χ2n) is 6.55. The van der Waals surface area contributed by atoms with Gasteiger partial charge in [-0.15, -0.1) is 0 Å². The Kier molecular flexibility index (Phi) is 8.25. The number of benzene rings is 3. The van der Waals surface area contributed by atoms with Crippen LogP contribution in [0.25, 0.3) is 0 Å². The lowest BCUT2D eigenvalue weighted by Crippen LogP contribution is -2.24. The molecule has 0 aliphatic heterocycles. The minimum Gasteiger partial charge on any atom is -0.497 e. The summed E-state index contributed by atoms with van der Waals surface area (Å²) in [6, 6.07) is 23.0. The number of thiocarbonyl (C=S) groups is 1. The molecular weight excluding hydrogens is 410 g/mol. The van der Waals surface area contributed by atoms with E-state index in [1.807, 2.05) is 79.7 Å². The van der Waals surface area contributed by atoms with Crippen LogP contribution in [0.4, 0.5) is 5.69 Å². The number of anilines is 1. The molecule has 2 N–H and O–H groups in total. The zero-order chi connectivity index (χ0) is 21.9. The number of ether oxygens (including phenoxy) is 3. The van der Waals surface area contributed by atoms with Gasteiger partial charge >= 0.3 is 0 Å². The molecule has 3 aromatic carbocycles. The van der Waals surface area contributed by atoms with Crippen molar-refractivity contribution in [2.24, 2.45) is 5.10 Å². The molecule has 0 fully saturated rings. The minimum absolute atomic E-state index is 0.400. The van der Waals surface area contributed by atoms with Crippen LogP contribution >= 0.6 is 12.2 Å².